The van der Waals surface area contributed by atoms with Gasteiger partial charge in [-0.1, -0.05) is 0 Å². The van der Waals surface area contributed by atoms with Crippen LogP contribution in [0.2, 0.25) is 0 Å². The molecule has 0 aliphatic rings. The van der Waals surface area contributed by atoms with Crippen LogP contribution < -0.4 is 49.6 Å². The molecule has 64 valence electrons. The quantitative estimate of drug-likeness (QED) is 0.316. The first-order chi connectivity index (χ1) is 2.00. The van der Waals surface area contributed by atoms with E-state index in [0.29, 0.717) is 0 Å². The van der Waals surface area contributed by atoms with Gasteiger partial charge in [0, 0.05) is 0 Å². The molecule has 0 spiro atoms. The van der Waals surface area contributed by atoms with Gasteiger partial charge < -0.3 is 49.6 Å². The Bertz CT molecular complexity index is 59.7. The number of hydrogen-bond acceptors (Lipinski definition) is 1. The van der Waals surface area contributed by atoms with Gasteiger partial charge in [-0.25, -0.2) is 0 Å². The van der Waals surface area contributed by atoms with E-state index in [0.717, 1.165) is 0 Å². The normalized spacial score (nSPS) is 5.90. The van der Waals surface area contributed by atoms with E-state index in [-0.39, 0.29) is 71.3 Å². The molecule has 0 fully saturated rings. The van der Waals surface area contributed by atoms with E-state index in [1.165, 1.54) is 0 Å². The maximum atomic E-state index is 9.51. The smallest absolute Gasteiger partial charge is 1.00 e. The van der Waals surface area contributed by atoms with Crippen LogP contribution in [-0.2, 0) is 26.3 Å². The van der Waals surface area contributed by atoms with Gasteiger partial charge in [0.15, 0.2) is 0 Å². The van der Waals surface area contributed by atoms with E-state index < -0.39 is 5.20 Å². The summed E-state index contributed by atoms with van der Waals surface area (Å²) in [6.45, 7) is 0. The predicted octanol–water partition coefficient (Wildman–Crippen LogP) is -9.18. The Balaban J connectivity index is -0.00000000800. The molecule has 0 aromatic rings. The molecule has 10 heavy (non-hydrogen) atoms. The van der Waals surface area contributed by atoms with E-state index >= 15 is 0 Å². The van der Waals surface area contributed by atoms with Gasteiger partial charge in [0.2, 0.25) is 0 Å². The Kier molecular flexibility index (Phi) is 68.5. The summed E-state index contributed by atoms with van der Waals surface area (Å²) in [5.74, 6) is 0. The Morgan fingerprint density at radius 1 is 0.800 bits per heavy atom. The third-order valence-corrected chi connectivity index (χ3v) is 0. The molecule has 0 aromatic carbocycles. The molecule has 0 amide bonds. The molecule has 0 radical (unpaired) electrons. The summed E-state index contributed by atoms with van der Waals surface area (Å²) < 4.78 is 9.51. The van der Waals surface area contributed by atoms with Crippen molar-refractivity contribution in [3.63, 3.8) is 0 Å². The number of hydrogen-bond donors (Lipinski definition) is 0. The fraction of sp³-hybridized carbons (Fsp3) is 0. The van der Waals surface area contributed by atoms with E-state index in [4.69, 9.17) is 0 Å². The van der Waals surface area contributed by atoms with Crippen molar-refractivity contribution in [1.29, 1.82) is 0 Å². The third-order valence-electron chi connectivity index (χ3n) is 0. The average Bonchev–Trinajstić information content (AvgIpc) is 0.722. The van der Waals surface area contributed by atoms with E-state index in [1.807, 2.05) is 0 Å². The van der Waals surface area contributed by atoms with Gasteiger partial charge in [-0.15, -0.1) is 0 Å². The first kappa shape index (κ1) is 38.2. The minimum absolute atomic E-state index is 0. The topological polar surface area (TPSA) is 17.1 Å². The van der Waals surface area contributed by atoms with Gasteiger partial charge in [-0.05, 0) is 33.7 Å². The summed E-state index contributed by atoms with van der Waals surface area (Å²) in [4.78, 5) is 0. The molecule has 1 nitrogen and oxygen atoms in total. The zero-order valence-electron chi connectivity index (χ0n) is 4.00. The summed E-state index contributed by atoms with van der Waals surface area (Å²) in [5.41, 5.74) is 0. The summed E-state index contributed by atoms with van der Waals surface area (Å²) in [7, 11) is 0. The second kappa shape index (κ2) is 17.9. The standard InChI is InChI=1S/Cl3OP.4ClH.Ti/c1-5(2,3)4;;;;;/h;4*1H;/q;;;;;+4/p-4. The van der Waals surface area contributed by atoms with Crippen LogP contribution in [0.1, 0.15) is 0 Å². The van der Waals surface area contributed by atoms with Crippen LogP contribution in [0.15, 0.2) is 0 Å². The summed E-state index contributed by atoms with van der Waals surface area (Å²) in [6, 6.07) is 0. The van der Waals surface area contributed by atoms with Gasteiger partial charge in [0.05, 0.1) is 0 Å². The van der Waals surface area contributed by atoms with Crippen molar-refractivity contribution in [2.24, 2.45) is 0 Å². The van der Waals surface area contributed by atoms with Gasteiger partial charge >= 0.3 is 26.9 Å². The van der Waals surface area contributed by atoms with Gasteiger partial charge in [-0.2, -0.15) is 0 Å². The summed E-state index contributed by atoms with van der Waals surface area (Å²) in [5, 5.41) is -3.22. The zero-order chi connectivity index (χ0) is 4.50. The fourth-order valence-electron chi connectivity index (χ4n) is 0. The van der Waals surface area contributed by atoms with Crippen molar-refractivity contribution in [2.75, 3.05) is 0 Å². The van der Waals surface area contributed by atoms with Crippen molar-refractivity contribution < 1.29 is 75.9 Å². The minimum atomic E-state index is -3.22. The molecule has 0 heterocycles. The zero-order valence-corrected chi connectivity index (χ0v) is 11.7. The minimum Gasteiger partial charge on any atom is -1.00 e. The van der Waals surface area contributed by atoms with Crippen LogP contribution in [0, 0.1) is 0 Å². The van der Waals surface area contributed by atoms with E-state index in [1.54, 1.807) is 0 Å². The van der Waals surface area contributed by atoms with Crippen molar-refractivity contribution in [2.45, 2.75) is 0 Å². The SMILES string of the molecule is O=P(Cl)(Cl)Cl.[Cl-].[Cl-].[Cl-].[Cl-].[Ti+4]. The van der Waals surface area contributed by atoms with Crippen LogP contribution in [-0.4, -0.2) is 0 Å². The van der Waals surface area contributed by atoms with Crippen LogP contribution >= 0.6 is 38.9 Å². The molecule has 0 atom stereocenters. The Morgan fingerprint density at radius 2 is 0.800 bits per heavy atom. The summed E-state index contributed by atoms with van der Waals surface area (Å²) >= 11 is 13.8. The summed E-state index contributed by atoms with van der Waals surface area (Å²) in [6.07, 6.45) is 0. The second-order valence-corrected chi connectivity index (χ2v) is 7.04. The number of rotatable bonds is 0. The van der Waals surface area contributed by atoms with Gasteiger partial charge in [0.1, 0.15) is 0 Å². The maximum Gasteiger partial charge on any atom is 4.00 e. The molecule has 0 bridgehead atoms. The molecule has 10 heteroatoms. The molecule has 0 N–H and O–H groups in total. The van der Waals surface area contributed by atoms with Crippen molar-refractivity contribution in [3.8, 4) is 0 Å². The molecule has 0 saturated heterocycles. The van der Waals surface area contributed by atoms with Crippen molar-refractivity contribution in [3.05, 3.63) is 0 Å². The van der Waals surface area contributed by atoms with Crippen LogP contribution in [0.3, 0.4) is 0 Å². The monoisotopic (exact) mass is 340 g/mol. The predicted molar refractivity (Wildman–Crippen MR) is 25.2 cm³/mol. The molecule has 0 rings (SSSR count). The molecular formula is Cl7OPTi. The van der Waals surface area contributed by atoms with Crippen LogP contribution in [0.4, 0.5) is 0 Å². The van der Waals surface area contributed by atoms with Gasteiger partial charge in [0.25, 0.3) is 0 Å². The first-order valence-electron chi connectivity index (χ1n) is 0.690. The molecule has 0 saturated carbocycles. The van der Waals surface area contributed by atoms with Crippen molar-refractivity contribution >= 4 is 38.9 Å². The second-order valence-electron chi connectivity index (χ2n) is 0.399. The molecule has 0 aliphatic carbocycles. The third kappa shape index (κ3) is 123. The molecular weight excluding hydrogens is 343 g/mol. The van der Waals surface area contributed by atoms with E-state index in [9.17, 15) is 4.57 Å². The van der Waals surface area contributed by atoms with Crippen LogP contribution in [0.25, 0.3) is 0 Å². The Morgan fingerprint density at radius 3 is 0.800 bits per heavy atom. The fourth-order valence-corrected chi connectivity index (χ4v) is 0. The average molecular weight is 343 g/mol. The largest absolute Gasteiger partial charge is 4.00 e. The van der Waals surface area contributed by atoms with Crippen LogP contribution in [0.5, 0.6) is 0 Å². The molecule has 0 aromatic heterocycles. The van der Waals surface area contributed by atoms with Crippen molar-refractivity contribution in [1.82, 2.24) is 0 Å². The molecule has 0 aliphatic heterocycles. The van der Waals surface area contributed by atoms with Gasteiger partial charge in [-0.3, -0.25) is 4.57 Å². The molecule has 0 unspecified atom stereocenters. The Hall–Kier alpha value is 2.97. The maximum absolute atomic E-state index is 9.51. The first-order valence-corrected chi connectivity index (χ1v) is 5.11. The Labute approximate surface area is 114 Å². The number of halogens is 7. The van der Waals surface area contributed by atoms with E-state index in [2.05, 4.69) is 33.7 Å².